The van der Waals surface area contributed by atoms with Gasteiger partial charge in [0.15, 0.2) is 10.9 Å². The van der Waals surface area contributed by atoms with E-state index in [1.54, 1.807) is 35.2 Å². The number of hydrogen-bond acceptors (Lipinski definition) is 4. The Balaban J connectivity index is 1.56. The molecule has 1 aliphatic rings. The average Bonchev–Trinajstić information content (AvgIpc) is 3.10. The lowest BCUT2D eigenvalue weighted by Gasteiger charge is -2.14. The third kappa shape index (κ3) is 6.74. The van der Waals surface area contributed by atoms with Crippen molar-refractivity contribution in [2.24, 2.45) is 4.99 Å². The van der Waals surface area contributed by atoms with Gasteiger partial charge < -0.3 is 4.74 Å². The molecule has 4 rings (SSSR count). The first-order chi connectivity index (χ1) is 16.8. The summed E-state index contributed by atoms with van der Waals surface area (Å²) in [5, 5.41) is 2.02. The second kappa shape index (κ2) is 12.0. The van der Waals surface area contributed by atoms with Crippen LogP contribution in [0.4, 0.5) is 5.69 Å². The van der Waals surface area contributed by atoms with Crippen LogP contribution in [0.3, 0.4) is 0 Å². The molecule has 4 nitrogen and oxygen atoms in total. The Morgan fingerprint density at radius 1 is 1.03 bits per heavy atom. The molecule has 0 spiro atoms. The van der Waals surface area contributed by atoms with E-state index < -0.39 is 0 Å². The first-order valence-electron chi connectivity index (χ1n) is 10.8. The SMILES string of the molecule is CCCN1C(=O)/C(=C/c2cc(Cl)c(OCc3ccc(I)cc3)c(Cl)c2)SC1=Nc1ccc(Cl)cc1. The summed E-state index contributed by atoms with van der Waals surface area (Å²) in [6.45, 7) is 2.94. The van der Waals surface area contributed by atoms with Crippen molar-refractivity contribution in [2.75, 3.05) is 6.54 Å². The Hall–Kier alpha value is -1.71. The van der Waals surface area contributed by atoms with Gasteiger partial charge in [-0.2, -0.15) is 0 Å². The van der Waals surface area contributed by atoms with Crippen LogP contribution < -0.4 is 4.74 Å². The van der Waals surface area contributed by atoms with Crippen molar-refractivity contribution >= 4 is 92.0 Å². The van der Waals surface area contributed by atoms with E-state index in [0.717, 1.165) is 21.2 Å². The van der Waals surface area contributed by atoms with E-state index in [1.165, 1.54) is 11.8 Å². The Morgan fingerprint density at radius 3 is 2.31 bits per heavy atom. The summed E-state index contributed by atoms with van der Waals surface area (Å²) in [6, 6.07) is 18.7. The number of amides is 1. The Labute approximate surface area is 237 Å². The number of carbonyl (C=O) groups is 1. The lowest BCUT2D eigenvalue weighted by molar-refractivity contribution is -0.122. The average molecular weight is 658 g/mol. The number of halogens is 4. The highest BCUT2D eigenvalue weighted by Crippen LogP contribution is 2.38. The number of benzene rings is 3. The molecule has 1 fully saturated rings. The Bertz CT molecular complexity index is 1270. The van der Waals surface area contributed by atoms with Crippen LogP contribution in [0.1, 0.15) is 24.5 Å². The van der Waals surface area contributed by atoms with Crippen LogP contribution in [-0.2, 0) is 11.4 Å². The number of nitrogens with zero attached hydrogens (tertiary/aromatic N) is 2. The van der Waals surface area contributed by atoms with E-state index in [9.17, 15) is 4.79 Å². The number of aliphatic imine (C=N–C) groups is 1. The van der Waals surface area contributed by atoms with Crippen molar-refractivity contribution in [2.45, 2.75) is 20.0 Å². The summed E-state index contributed by atoms with van der Waals surface area (Å²) in [4.78, 5) is 20.0. The van der Waals surface area contributed by atoms with Gasteiger partial charge in [-0.25, -0.2) is 4.99 Å². The highest BCUT2D eigenvalue weighted by molar-refractivity contribution is 14.1. The highest BCUT2D eigenvalue weighted by Gasteiger charge is 2.32. The van der Waals surface area contributed by atoms with Crippen LogP contribution in [0.25, 0.3) is 6.08 Å². The van der Waals surface area contributed by atoms with Crippen LogP contribution in [-0.4, -0.2) is 22.5 Å². The molecule has 0 aliphatic carbocycles. The van der Waals surface area contributed by atoms with Gasteiger partial charge in [0.05, 0.1) is 20.6 Å². The molecule has 0 saturated carbocycles. The lowest BCUT2D eigenvalue weighted by atomic mass is 10.2. The number of carbonyl (C=O) groups excluding carboxylic acids is 1. The maximum atomic E-state index is 13.1. The minimum absolute atomic E-state index is 0.101. The van der Waals surface area contributed by atoms with Crippen molar-refractivity contribution in [3.05, 3.63) is 95.3 Å². The quantitative estimate of drug-likeness (QED) is 0.188. The maximum Gasteiger partial charge on any atom is 0.266 e. The number of amidine groups is 1. The minimum atomic E-state index is -0.101. The van der Waals surface area contributed by atoms with Gasteiger partial charge >= 0.3 is 0 Å². The number of rotatable bonds is 7. The van der Waals surface area contributed by atoms with Crippen molar-refractivity contribution < 1.29 is 9.53 Å². The topological polar surface area (TPSA) is 41.9 Å². The predicted molar refractivity (Wildman–Crippen MR) is 156 cm³/mol. The molecule has 3 aromatic carbocycles. The van der Waals surface area contributed by atoms with Crippen molar-refractivity contribution in [3.63, 3.8) is 0 Å². The van der Waals surface area contributed by atoms with Gasteiger partial charge in [0.2, 0.25) is 0 Å². The molecule has 1 aliphatic heterocycles. The number of ether oxygens (including phenoxy) is 1. The molecule has 0 bridgehead atoms. The van der Waals surface area contributed by atoms with Crippen molar-refractivity contribution in [1.82, 2.24) is 4.90 Å². The zero-order chi connectivity index (χ0) is 24.9. The molecular weight excluding hydrogens is 638 g/mol. The molecule has 1 saturated heterocycles. The molecule has 1 amide bonds. The third-order valence-electron chi connectivity index (χ3n) is 5.00. The van der Waals surface area contributed by atoms with E-state index >= 15 is 0 Å². The summed E-state index contributed by atoms with van der Waals surface area (Å²) in [5.74, 6) is 0.313. The molecule has 0 atom stereocenters. The summed E-state index contributed by atoms with van der Waals surface area (Å²) in [5.41, 5.74) is 2.45. The lowest BCUT2D eigenvalue weighted by Crippen LogP contribution is -2.29. The fraction of sp³-hybridized carbons (Fsp3) is 0.154. The molecular formula is C26H20Cl3IN2O2S. The largest absolute Gasteiger partial charge is 0.486 e. The second-order valence-electron chi connectivity index (χ2n) is 7.67. The van der Waals surface area contributed by atoms with Gasteiger partial charge in [-0.05, 0) is 107 Å². The maximum absolute atomic E-state index is 13.1. The van der Waals surface area contributed by atoms with E-state index in [0.29, 0.717) is 49.6 Å². The Kier molecular flexibility index (Phi) is 9.05. The first kappa shape index (κ1) is 26.4. The molecule has 35 heavy (non-hydrogen) atoms. The number of thioether (sulfide) groups is 1. The molecule has 0 radical (unpaired) electrons. The zero-order valence-corrected chi connectivity index (χ0v) is 23.8. The summed E-state index contributed by atoms with van der Waals surface area (Å²) in [7, 11) is 0. The van der Waals surface area contributed by atoms with Gasteiger partial charge in [-0.1, -0.05) is 53.9 Å². The first-order valence-corrected chi connectivity index (χ1v) is 13.8. The van der Waals surface area contributed by atoms with Crippen LogP contribution >= 0.6 is 69.2 Å². The molecule has 180 valence electrons. The number of hydrogen-bond donors (Lipinski definition) is 0. The summed E-state index contributed by atoms with van der Waals surface area (Å²) >= 11 is 22.6. The highest BCUT2D eigenvalue weighted by atomic mass is 127. The van der Waals surface area contributed by atoms with Crippen LogP contribution in [0.5, 0.6) is 5.75 Å². The van der Waals surface area contributed by atoms with E-state index in [4.69, 9.17) is 39.5 Å². The summed E-state index contributed by atoms with van der Waals surface area (Å²) in [6.07, 6.45) is 2.59. The molecule has 0 unspecified atom stereocenters. The zero-order valence-electron chi connectivity index (χ0n) is 18.6. The standard InChI is InChI=1S/C26H20Cl3IN2O2S/c1-2-11-32-25(33)23(35-26(32)31-20-9-5-18(27)6-10-20)14-17-12-21(28)24(22(29)13-17)34-15-16-3-7-19(30)8-4-16/h3-10,12-14H,2,11,15H2,1H3/b23-14-,31-26?. The van der Waals surface area contributed by atoms with Crippen molar-refractivity contribution in [1.29, 1.82) is 0 Å². The monoisotopic (exact) mass is 656 g/mol. The third-order valence-corrected chi connectivity index (χ3v) is 7.54. The normalized spacial score (nSPS) is 15.9. The van der Waals surface area contributed by atoms with Gasteiger partial charge in [-0.15, -0.1) is 0 Å². The molecule has 9 heteroatoms. The molecule has 1 heterocycles. The van der Waals surface area contributed by atoms with Gasteiger partial charge in [-0.3, -0.25) is 9.69 Å². The molecule has 3 aromatic rings. The Morgan fingerprint density at radius 2 is 1.69 bits per heavy atom. The smallest absolute Gasteiger partial charge is 0.266 e. The van der Waals surface area contributed by atoms with Crippen LogP contribution in [0.2, 0.25) is 15.1 Å². The van der Waals surface area contributed by atoms with Gasteiger partial charge in [0, 0.05) is 15.1 Å². The molecule has 0 N–H and O–H groups in total. The van der Waals surface area contributed by atoms with Gasteiger partial charge in [0.25, 0.3) is 5.91 Å². The van der Waals surface area contributed by atoms with E-state index in [1.807, 2.05) is 43.3 Å². The minimum Gasteiger partial charge on any atom is -0.486 e. The van der Waals surface area contributed by atoms with Crippen LogP contribution in [0, 0.1) is 3.57 Å². The van der Waals surface area contributed by atoms with E-state index in [-0.39, 0.29) is 5.91 Å². The van der Waals surface area contributed by atoms with Crippen molar-refractivity contribution in [3.8, 4) is 5.75 Å². The fourth-order valence-electron chi connectivity index (χ4n) is 3.33. The van der Waals surface area contributed by atoms with Crippen LogP contribution in [0.15, 0.2) is 70.6 Å². The van der Waals surface area contributed by atoms with Gasteiger partial charge in [0.1, 0.15) is 6.61 Å². The fourth-order valence-corrected chi connectivity index (χ4v) is 5.45. The second-order valence-corrected chi connectivity index (χ2v) is 11.2. The predicted octanol–water partition coefficient (Wildman–Crippen LogP) is 8.84. The summed E-state index contributed by atoms with van der Waals surface area (Å²) < 4.78 is 7.04. The molecule has 0 aromatic heterocycles. The van der Waals surface area contributed by atoms with E-state index in [2.05, 4.69) is 27.6 Å².